The van der Waals surface area contributed by atoms with Crippen LogP contribution in [0.5, 0.6) is 0 Å². The van der Waals surface area contributed by atoms with Crippen molar-refractivity contribution in [2.75, 3.05) is 0 Å². The maximum Gasteiger partial charge on any atom is 0.303 e. The molecule has 2 N–H and O–H groups in total. The molecule has 0 bridgehead atoms. The molecule has 0 aromatic heterocycles. The predicted octanol–water partition coefficient (Wildman–Crippen LogP) is 12.7. The van der Waals surface area contributed by atoms with Gasteiger partial charge in [-0.15, -0.1) is 0 Å². The summed E-state index contributed by atoms with van der Waals surface area (Å²) in [7, 11) is 0. The van der Waals surface area contributed by atoms with E-state index in [1.165, 1.54) is 167 Å². The van der Waals surface area contributed by atoms with E-state index in [1.807, 2.05) is 0 Å². The molecule has 242 valence electrons. The van der Waals surface area contributed by atoms with Crippen molar-refractivity contribution < 1.29 is 47.1 Å². The van der Waals surface area contributed by atoms with Crippen LogP contribution in [0.1, 0.15) is 219 Å². The minimum absolute atomic E-state index is 0. The Morgan fingerprint density at radius 3 is 0.610 bits per heavy atom. The first-order valence-electron chi connectivity index (χ1n) is 18.0. The summed E-state index contributed by atoms with van der Waals surface area (Å²) in [5, 5.41) is 17.0. The third-order valence-electron chi connectivity index (χ3n) is 7.99. The number of rotatable bonds is 32. The van der Waals surface area contributed by atoms with Crippen LogP contribution >= 0.6 is 0 Å². The van der Waals surface area contributed by atoms with Crippen LogP contribution < -0.4 is 0 Å². The molecule has 0 heterocycles. The van der Waals surface area contributed by atoms with Gasteiger partial charge < -0.3 is 10.2 Å². The van der Waals surface area contributed by atoms with Gasteiger partial charge in [-0.2, -0.15) is 0 Å². The van der Waals surface area contributed by atoms with Crippen molar-refractivity contribution in [1.82, 2.24) is 0 Å². The molecule has 0 fully saturated rings. The Hall–Kier alpha value is -0.138. The van der Waals surface area contributed by atoms with E-state index in [0.717, 1.165) is 25.7 Å². The van der Waals surface area contributed by atoms with Crippen molar-refractivity contribution in [3.63, 3.8) is 0 Å². The van der Waals surface area contributed by atoms with Gasteiger partial charge in [-0.1, -0.05) is 194 Å². The predicted molar refractivity (Wildman–Crippen MR) is 174 cm³/mol. The van der Waals surface area contributed by atoms with Crippen LogP contribution in [0.15, 0.2) is 0 Å². The number of carboxylic acid groups (broad SMARTS) is 2. The van der Waals surface area contributed by atoms with Crippen molar-refractivity contribution in [3.8, 4) is 0 Å². The Labute approximate surface area is 277 Å². The quantitative estimate of drug-likeness (QED) is 0.0548. The van der Waals surface area contributed by atoms with Gasteiger partial charge in [0.05, 0.1) is 0 Å². The van der Waals surface area contributed by atoms with Gasteiger partial charge in [-0.25, -0.2) is 0 Å². The maximum atomic E-state index is 10.3. The van der Waals surface area contributed by atoms with Gasteiger partial charge in [0.25, 0.3) is 0 Å². The zero-order valence-electron chi connectivity index (χ0n) is 28.0. The summed E-state index contributed by atoms with van der Waals surface area (Å²) in [6.45, 7) is 4.54. The molecule has 0 spiro atoms. The summed E-state index contributed by atoms with van der Waals surface area (Å²) in [6.07, 6.45) is 40.4. The molecule has 41 heavy (non-hydrogen) atoms. The van der Waals surface area contributed by atoms with Crippen LogP contribution in [0, 0.1) is 0 Å². The second kappa shape index (κ2) is 42.0. The largest absolute Gasteiger partial charge is 0.481 e. The molecule has 0 saturated heterocycles. The normalized spacial score (nSPS) is 10.6. The van der Waals surface area contributed by atoms with Crippen LogP contribution in [-0.4, -0.2) is 22.2 Å². The van der Waals surface area contributed by atoms with Crippen LogP contribution in [0.2, 0.25) is 0 Å². The number of aliphatic carboxylic acids is 2. The van der Waals surface area contributed by atoms with Gasteiger partial charge in [0, 0.05) is 40.1 Å². The average molecular weight is 681 g/mol. The monoisotopic (exact) mass is 682 g/mol. The van der Waals surface area contributed by atoms with Gasteiger partial charge in [0.2, 0.25) is 0 Å². The fraction of sp³-hybridized carbons (Fsp3) is 0.944. The fourth-order valence-electron chi connectivity index (χ4n) is 5.30. The summed E-state index contributed by atoms with van der Waals surface area (Å²) in [4.78, 5) is 20.7. The van der Waals surface area contributed by atoms with Crippen LogP contribution in [0.25, 0.3) is 0 Å². The second-order valence-electron chi connectivity index (χ2n) is 12.2. The van der Waals surface area contributed by atoms with Gasteiger partial charge in [0.1, 0.15) is 0 Å². The van der Waals surface area contributed by atoms with E-state index >= 15 is 0 Å². The van der Waals surface area contributed by atoms with Gasteiger partial charge in [0.15, 0.2) is 0 Å². The number of hydrogen-bond donors (Lipinski definition) is 2. The Kier molecular flexibility index (Phi) is 46.4. The maximum absolute atomic E-state index is 10.3. The topological polar surface area (TPSA) is 74.6 Å². The molecular formula is C36H72CdO4. The third kappa shape index (κ3) is 49.8. The zero-order chi connectivity index (χ0) is 29.8. The number of hydrogen-bond acceptors (Lipinski definition) is 2. The summed E-state index contributed by atoms with van der Waals surface area (Å²) in [5.74, 6) is -1.31. The van der Waals surface area contributed by atoms with E-state index in [2.05, 4.69) is 13.8 Å². The van der Waals surface area contributed by atoms with E-state index in [-0.39, 0.29) is 27.3 Å². The van der Waals surface area contributed by atoms with E-state index in [9.17, 15) is 9.59 Å². The molecule has 0 amide bonds. The average Bonchev–Trinajstić information content (AvgIpc) is 2.93. The molecule has 0 rings (SSSR count). The molecule has 0 radical (unpaired) electrons. The van der Waals surface area contributed by atoms with Gasteiger partial charge in [-0.3, -0.25) is 9.59 Å². The molecule has 0 aromatic rings. The Balaban J connectivity index is -0.000000688. The number of carbonyl (C=O) groups is 2. The van der Waals surface area contributed by atoms with Crippen molar-refractivity contribution in [2.24, 2.45) is 0 Å². The van der Waals surface area contributed by atoms with Crippen LogP contribution in [-0.2, 0) is 36.9 Å². The molecule has 0 aromatic carbocycles. The molecule has 0 aliphatic carbocycles. The fourth-order valence-corrected chi connectivity index (χ4v) is 5.30. The molecule has 0 aliphatic heterocycles. The minimum Gasteiger partial charge on any atom is -0.481 e. The molecule has 0 unspecified atom stereocenters. The minimum atomic E-state index is -0.653. The molecule has 4 nitrogen and oxygen atoms in total. The van der Waals surface area contributed by atoms with E-state index < -0.39 is 11.9 Å². The van der Waals surface area contributed by atoms with E-state index in [1.54, 1.807) is 0 Å². The van der Waals surface area contributed by atoms with Crippen molar-refractivity contribution in [1.29, 1.82) is 0 Å². The van der Waals surface area contributed by atoms with E-state index in [4.69, 9.17) is 10.2 Å². The third-order valence-corrected chi connectivity index (χ3v) is 7.99. The van der Waals surface area contributed by atoms with Gasteiger partial charge >= 0.3 is 11.9 Å². The SMILES string of the molecule is CCCCCCCCCCCCCCCCCC(=O)O.CCCCCCCCCCCCCCCCCC(=O)O.[Cd]. The smallest absolute Gasteiger partial charge is 0.303 e. The molecule has 0 atom stereocenters. The summed E-state index contributed by atoms with van der Waals surface area (Å²) in [5.41, 5.74) is 0. The first-order chi connectivity index (χ1) is 19.5. The Morgan fingerprint density at radius 1 is 0.317 bits per heavy atom. The number of carboxylic acids is 2. The molecule has 0 saturated carbocycles. The van der Waals surface area contributed by atoms with Crippen molar-refractivity contribution in [3.05, 3.63) is 0 Å². The first-order valence-corrected chi connectivity index (χ1v) is 18.0. The van der Waals surface area contributed by atoms with E-state index in [0.29, 0.717) is 12.8 Å². The summed E-state index contributed by atoms with van der Waals surface area (Å²) < 4.78 is 0. The van der Waals surface area contributed by atoms with Crippen LogP contribution in [0.3, 0.4) is 0 Å². The van der Waals surface area contributed by atoms with Crippen molar-refractivity contribution >= 4 is 11.9 Å². The van der Waals surface area contributed by atoms with Crippen LogP contribution in [0.4, 0.5) is 0 Å². The number of unbranched alkanes of at least 4 members (excludes halogenated alkanes) is 28. The standard InChI is InChI=1S/2C18H36O2.Cd/c2*1-2-3-4-5-6-7-8-9-10-11-12-13-14-15-16-17-18(19)20;/h2*2-17H2,1H3,(H,19,20);. The zero-order valence-corrected chi connectivity index (χ0v) is 32.1. The van der Waals surface area contributed by atoms with Crippen molar-refractivity contribution in [2.45, 2.75) is 219 Å². The Morgan fingerprint density at radius 2 is 0.463 bits per heavy atom. The first kappa shape index (κ1) is 45.3. The molecule has 0 aliphatic rings. The second-order valence-corrected chi connectivity index (χ2v) is 12.2. The Bertz CT molecular complexity index is 454. The molecular weight excluding hydrogens is 609 g/mol. The van der Waals surface area contributed by atoms with Gasteiger partial charge in [-0.05, 0) is 12.8 Å². The molecule has 5 heteroatoms. The summed E-state index contributed by atoms with van der Waals surface area (Å²) >= 11 is 0. The summed E-state index contributed by atoms with van der Waals surface area (Å²) in [6, 6.07) is 0.